The van der Waals surface area contributed by atoms with Crippen molar-refractivity contribution in [2.45, 2.75) is 26.5 Å². The van der Waals surface area contributed by atoms with Gasteiger partial charge in [0.15, 0.2) is 11.4 Å². The van der Waals surface area contributed by atoms with Gasteiger partial charge in [0.25, 0.3) is 5.91 Å². The highest BCUT2D eigenvalue weighted by Crippen LogP contribution is 2.26. The third-order valence-electron chi connectivity index (χ3n) is 4.48. The number of halogens is 2. The minimum atomic E-state index is -0.690. The number of rotatable bonds is 7. The molecule has 0 fully saturated rings. The van der Waals surface area contributed by atoms with E-state index in [2.05, 4.69) is 15.3 Å². The summed E-state index contributed by atoms with van der Waals surface area (Å²) in [5.74, 6) is -1.42. The van der Waals surface area contributed by atoms with Crippen molar-refractivity contribution in [3.8, 4) is 5.75 Å². The number of imidazole rings is 1. The van der Waals surface area contributed by atoms with Crippen LogP contribution in [0.4, 0.5) is 8.78 Å². The number of pyridine rings is 1. The van der Waals surface area contributed by atoms with E-state index >= 15 is 0 Å². The highest BCUT2D eigenvalue weighted by Gasteiger charge is 2.20. The van der Waals surface area contributed by atoms with Crippen LogP contribution >= 0.6 is 0 Å². The van der Waals surface area contributed by atoms with Crippen LogP contribution in [0.3, 0.4) is 0 Å². The van der Waals surface area contributed by atoms with Gasteiger partial charge in [-0.25, -0.2) is 13.8 Å². The Balaban J connectivity index is 1.91. The van der Waals surface area contributed by atoms with Crippen LogP contribution in [0.15, 0.2) is 35.5 Å². The number of carbonyl (C=O) groups is 1. The predicted octanol–water partition coefficient (Wildman–Crippen LogP) is 2.57. The molecule has 1 unspecified atom stereocenters. The fourth-order valence-electron chi connectivity index (χ4n) is 3.10. The molecule has 2 aromatic heterocycles. The molecule has 0 saturated carbocycles. The Kier molecular flexibility index (Phi) is 6.41. The van der Waals surface area contributed by atoms with Crippen LogP contribution in [0, 0.1) is 25.5 Å². The largest absolute Gasteiger partial charge is 0.485 e. The first-order chi connectivity index (χ1) is 14.3. The van der Waals surface area contributed by atoms with Gasteiger partial charge in [0.05, 0.1) is 17.3 Å². The maximum absolute atomic E-state index is 13.9. The van der Waals surface area contributed by atoms with E-state index < -0.39 is 17.7 Å². The summed E-state index contributed by atoms with van der Waals surface area (Å²) in [7, 11) is 1.60. The van der Waals surface area contributed by atoms with Crippen molar-refractivity contribution in [2.75, 3.05) is 13.6 Å². The number of ether oxygens (including phenoxy) is 1. The molecular formula is C21H23F2N5O2. The molecule has 0 aliphatic heterocycles. The number of nitrogens with zero attached hydrogens (tertiary/aromatic N) is 3. The number of benzene rings is 1. The fourth-order valence-corrected chi connectivity index (χ4v) is 3.10. The molecule has 2 heterocycles. The molecule has 30 heavy (non-hydrogen) atoms. The van der Waals surface area contributed by atoms with E-state index in [-0.39, 0.29) is 24.6 Å². The SMILES string of the molecule is C/N=C\C(N)CNC(=O)c1c(C)nc2c(OCc3c(F)cccc3F)cc(C)cn12. The lowest BCUT2D eigenvalue weighted by Gasteiger charge is -2.12. The number of aromatic nitrogens is 2. The number of hydrogen-bond acceptors (Lipinski definition) is 5. The van der Waals surface area contributed by atoms with Crippen molar-refractivity contribution in [3.63, 3.8) is 0 Å². The number of amides is 1. The van der Waals surface area contributed by atoms with Gasteiger partial charge in [0.1, 0.15) is 23.9 Å². The number of fused-ring (bicyclic) bond motifs is 1. The minimum absolute atomic E-state index is 0.176. The van der Waals surface area contributed by atoms with Crippen molar-refractivity contribution in [1.82, 2.24) is 14.7 Å². The van der Waals surface area contributed by atoms with Gasteiger partial charge < -0.3 is 15.8 Å². The van der Waals surface area contributed by atoms with Crippen LogP contribution in [-0.4, -0.2) is 41.1 Å². The lowest BCUT2D eigenvalue weighted by atomic mass is 10.2. The summed E-state index contributed by atoms with van der Waals surface area (Å²) in [6.07, 6.45) is 3.29. The van der Waals surface area contributed by atoms with Gasteiger partial charge in [-0.3, -0.25) is 14.2 Å². The quantitative estimate of drug-likeness (QED) is 0.580. The van der Waals surface area contributed by atoms with E-state index in [0.717, 1.165) is 5.56 Å². The molecule has 0 spiro atoms. The topological polar surface area (TPSA) is 94.0 Å². The van der Waals surface area contributed by atoms with Gasteiger partial charge in [-0.05, 0) is 37.6 Å². The van der Waals surface area contributed by atoms with Crippen LogP contribution < -0.4 is 15.8 Å². The van der Waals surface area contributed by atoms with Crippen LogP contribution in [0.1, 0.15) is 27.3 Å². The number of nitrogens with one attached hydrogen (secondary N) is 1. The smallest absolute Gasteiger partial charge is 0.270 e. The average Bonchev–Trinajstić information content (AvgIpc) is 3.01. The van der Waals surface area contributed by atoms with E-state index in [0.29, 0.717) is 22.8 Å². The molecule has 0 aliphatic rings. The first kappa shape index (κ1) is 21.4. The summed E-state index contributed by atoms with van der Waals surface area (Å²) >= 11 is 0. The summed E-state index contributed by atoms with van der Waals surface area (Å²) < 4.78 is 35.1. The molecule has 0 aliphatic carbocycles. The van der Waals surface area contributed by atoms with E-state index in [1.807, 2.05) is 6.92 Å². The van der Waals surface area contributed by atoms with E-state index in [1.54, 1.807) is 36.8 Å². The van der Waals surface area contributed by atoms with Gasteiger partial charge in [-0.15, -0.1) is 0 Å². The van der Waals surface area contributed by atoms with Crippen LogP contribution in [0.25, 0.3) is 5.65 Å². The first-order valence-corrected chi connectivity index (χ1v) is 9.32. The maximum Gasteiger partial charge on any atom is 0.270 e. The molecule has 0 saturated heterocycles. The standard InChI is InChI=1S/C21H23F2N5O2/c1-12-7-18(30-11-15-16(22)5-4-6-17(15)23)20-27-13(2)19(28(20)10-12)21(29)26-9-14(24)8-25-3/h4-8,10,14H,9,11,24H2,1-3H3,(H,26,29)/b25-8-. The summed E-state index contributed by atoms with van der Waals surface area (Å²) in [5.41, 5.74) is 7.63. The van der Waals surface area contributed by atoms with Crippen molar-refractivity contribution in [3.05, 3.63) is 64.6 Å². The number of aliphatic imine (C=N–C) groups is 1. The monoisotopic (exact) mass is 415 g/mol. The molecule has 0 radical (unpaired) electrons. The van der Waals surface area contributed by atoms with E-state index in [9.17, 15) is 13.6 Å². The molecule has 3 rings (SSSR count). The van der Waals surface area contributed by atoms with Gasteiger partial charge in [0, 0.05) is 26.0 Å². The van der Waals surface area contributed by atoms with Crippen LogP contribution in [0.2, 0.25) is 0 Å². The Bertz CT molecular complexity index is 1090. The normalized spacial score (nSPS) is 12.5. The average molecular weight is 415 g/mol. The Morgan fingerprint density at radius 1 is 1.37 bits per heavy atom. The van der Waals surface area contributed by atoms with Crippen molar-refractivity contribution in [2.24, 2.45) is 10.7 Å². The molecule has 1 amide bonds. The second kappa shape index (κ2) is 9.00. The van der Waals surface area contributed by atoms with Crippen LogP contribution in [0.5, 0.6) is 5.75 Å². The molecule has 158 valence electrons. The van der Waals surface area contributed by atoms with Gasteiger partial charge in [-0.1, -0.05) is 6.07 Å². The summed E-state index contributed by atoms with van der Waals surface area (Å²) in [5, 5.41) is 2.76. The molecule has 0 bridgehead atoms. The van der Waals surface area contributed by atoms with Gasteiger partial charge >= 0.3 is 0 Å². The number of hydrogen-bond donors (Lipinski definition) is 2. The summed E-state index contributed by atoms with van der Waals surface area (Å²) in [6.45, 7) is 3.42. The second-order valence-corrected chi connectivity index (χ2v) is 6.89. The van der Waals surface area contributed by atoms with Crippen molar-refractivity contribution < 1.29 is 18.3 Å². The molecule has 3 aromatic rings. The van der Waals surface area contributed by atoms with E-state index in [4.69, 9.17) is 10.5 Å². The second-order valence-electron chi connectivity index (χ2n) is 6.89. The Hall–Kier alpha value is -3.33. The molecular weight excluding hydrogens is 392 g/mol. The lowest BCUT2D eigenvalue weighted by Crippen LogP contribution is -2.38. The van der Waals surface area contributed by atoms with Gasteiger partial charge in [0.2, 0.25) is 0 Å². The molecule has 9 heteroatoms. The maximum atomic E-state index is 13.9. The first-order valence-electron chi connectivity index (χ1n) is 9.32. The van der Waals surface area contributed by atoms with E-state index in [1.165, 1.54) is 18.2 Å². The molecule has 3 N–H and O–H groups in total. The van der Waals surface area contributed by atoms with Crippen molar-refractivity contribution >= 4 is 17.8 Å². The zero-order valence-electron chi connectivity index (χ0n) is 16.9. The number of aryl methyl sites for hydroxylation is 2. The molecule has 7 nitrogen and oxygen atoms in total. The van der Waals surface area contributed by atoms with Gasteiger partial charge in [-0.2, -0.15) is 0 Å². The Morgan fingerprint density at radius 3 is 2.73 bits per heavy atom. The zero-order valence-corrected chi connectivity index (χ0v) is 16.9. The zero-order chi connectivity index (χ0) is 21.8. The number of nitrogens with two attached hydrogens (primary N) is 1. The molecule has 1 atom stereocenters. The Morgan fingerprint density at radius 2 is 2.07 bits per heavy atom. The number of carbonyl (C=O) groups excluding carboxylic acids is 1. The molecule has 1 aromatic carbocycles. The summed E-state index contributed by atoms with van der Waals surface area (Å²) in [4.78, 5) is 21.0. The van der Waals surface area contributed by atoms with Crippen LogP contribution in [-0.2, 0) is 6.61 Å². The fraction of sp³-hybridized carbons (Fsp3) is 0.286. The lowest BCUT2D eigenvalue weighted by molar-refractivity contribution is 0.0947. The highest BCUT2D eigenvalue weighted by atomic mass is 19.1. The third kappa shape index (κ3) is 4.46. The third-order valence-corrected chi connectivity index (χ3v) is 4.48. The minimum Gasteiger partial charge on any atom is -0.485 e. The van der Waals surface area contributed by atoms with Crippen molar-refractivity contribution in [1.29, 1.82) is 0 Å². The highest BCUT2D eigenvalue weighted by molar-refractivity contribution is 5.95. The summed E-state index contributed by atoms with van der Waals surface area (Å²) in [6, 6.07) is 4.93. The predicted molar refractivity (Wildman–Crippen MR) is 110 cm³/mol. The Labute approximate surface area is 172 Å².